The van der Waals surface area contributed by atoms with Crippen LogP contribution in [0.4, 0.5) is 0 Å². The van der Waals surface area contributed by atoms with Gasteiger partial charge in [-0.3, -0.25) is 14.6 Å². The number of hydrogen-bond acceptors (Lipinski definition) is 3. The lowest BCUT2D eigenvalue weighted by Gasteiger charge is -2.11. The number of aromatic nitrogens is 2. The molecule has 6 heteroatoms. The lowest BCUT2D eigenvalue weighted by Crippen LogP contribution is -2.30. The molecule has 0 saturated heterocycles. The van der Waals surface area contributed by atoms with Crippen LogP contribution in [0.2, 0.25) is 0 Å². The topological polar surface area (TPSA) is 77.8 Å². The first-order chi connectivity index (χ1) is 11.1. The third-order valence-corrected chi connectivity index (χ3v) is 6.24. The van der Waals surface area contributed by atoms with E-state index in [1.54, 1.807) is 18.2 Å². The maximum atomic E-state index is 12.5. The van der Waals surface area contributed by atoms with E-state index in [4.69, 9.17) is 12.2 Å². The van der Waals surface area contributed by atoms with Crippen molar-refractivity contribution in [1.29, 1.82) is 0 Å². The molecule has 4 atom stereocenters. The fourth-order valence-corrected chi connectivity index (χ4v) is 5.27. The van der Waals surface area contributed by atoms with Crippen LogP contribution in [0.1, 0.15) is 29.6 Å². The molecule has 0 unspecified atom stereocenters. The number of nitrogens with one attached hydrogen (secondary N) is 3. The fourth-order valence-electron chi connectivity index (χ4n) is 5.06. The van der Waals surface area contributed by atoms with Crippen LogP contribution in [0.15, 0.2) is 23.0 Å². The number of benzene rings is 1. The van der Waals surface area contributed by atoms with Gasteiger partial charge in [0, 0.05) is 11.6 Å². The minimum absolute atomic E-state index is 0.0506. The Morgan fingerprint density at radius 2 is 1.91 bits per heavy atom. The zero-order chi connectivity index (χ0) is 15.7. The lowest BCUT2D eigenvalue weighted by atomic mass is 10.0. The monoisotopic (exact) mass is 327 g/mol. The predicted octanol–water partition coefficient (Wildman–Crippen LogP) is 2.36. The van der Waals surface area contributed by atoms with Gasteiger partial charge in [0.25, 0.3) is 11.5 Å². The first-order valence-corrected chi connectivity index (χ1v) is 8.60. The molecule has 3 saturated carbocycles. The van der Waals surface area contributed by atoms with Crippen LogP contribution in [-0.4, -0.2) is 21.9 Å². The third kappa shape index (κ3) is 1.94. The van der Waals surface area contributed by atoms with Gasteiger partial charge in [-0.05, 0) is 73.4 Å². The van der Waals surface area contributed by atoms with Crippen molar-refractivity contribution in [2.45, 2.75) is 25.3 Å². The standard InChI is InChI=1S/C17H17N3O2S/c21-15(19-14-12-7-1-2-8(5-7)13(12)14)9-3-4-10-11(6-9)18-17(23)20-16(10)22/h3-4,6-8,12-14H,1-2,5H2,(H,19,21)(H2,18,20,22,23)/t7-,8-,12+,13+/m0/s1. The van der Waals surface area contributed by atoms with E-state index >= 15 is 0 Å². The molecule has 3 fully saturated rings. The summed E-state index contributed by atoms with van der Waals surface area (Å²) in [4.78, 5) is 29.9. The molecule has 2 aromatic rings. The maximum absolute atomic E-state index is 12.5. The Bertz CT molecular complexity index is 931. The van der Waals surface area contributed by atoms with E-state index in [1.807, 2.05) is 0 Å². The van der Waals surface area contributed by atoms with E-state index in [-0.39, 0.29) is 16.2 Å². The van der Waals surface area contributed by atoms with Crippen molar-refractivity contribution < 1.29 is 4.79 Å². The number of aromatic amines is 2. The highest BCUT2D eigenvalue weighted by atomic mass is 32.1. The molecular weight excluding hydrogens is 310 g/mol. The van der Waals surface area contributed by atoms with Crippen LogP contribution >= 0.6 is 12.2 Å². The first-order valence-electron chi connectivity index (χ1n) is 8.19. The minimum Gasteiger partial charge on any atom is -0.349 e. The molecule has 1 aromatic carbocycles. The Kier molecular flexibility index (Phi) is 2.66. The van der Waals surface area contributed by atoms with Gasteiger partial charge < -0.3 is 10.3 Å². The Labute approximate surface area is 137 Å². The molecule has 3 N–H and O–H groups in total. The fraction of sp³-hybridized carbons (Fsp3) is 0.471. The largest absolute Gasteiger partial charge is 0.349 e. The summed E-state index contributed by atoms with van der Waals surface area (Å²) in [7, 11) is 0. The first kappa shape index (κ1) is 13.5. The van der Waals surface area contributed by atoms with Gasteiger partial charge in [0.2, 0.25) is 0 Å². The molecule has 1 heterocycles. The molecule has 0 aliphatic heterocycles. The third-order valence-electron chi connectivity index (χ3n) is 6.03. The number of carbonyl (C=O) groups excluding carboxylic acids is 1. The molecular formula is C17H17N3O2S. The second kappa shape index (κ2) is 4.54. The van der Waals surface area contributed by atoms with Gasteiger partial charge in [-0.2, -0.15) is 0 Å². The number of amides is 1. The molecule has 0 spiro atoms. The van der Waals surface area contributed by atoms with Crippen molar-refractivity contribution in [2.75, 3.05) is 0 Å². The Morgan fingerprint density at radius 3 is 2.65 bits per heavy atom. The number of hydrogen-bond donors (Lipinski definition) is 3. The second-order valence-electron chi connectivity index (χ2n) is 7.16. The van der Waals surface area contributed by atoms with E-state index in [9.17, 15) is 9.59 Å². The quantitative estimate of drug-likeness (QED) is 0.741. The van der Waals surface area contributed by atoms with Crippen molar-refractivity contribution in [2.24, 2.45) is 23.7 Å². The molecule has 23 heavy (non-hydrogen) atoms. The molecule has 0 radical (unpaired) electrons. The van der Waals surface area contributed by atoms with Crippen LogP contribution < -0.4 is 10.9 Å². The van der Waals surface area contributed by atoms with Crippen molar-refractivity contribution in [1.82, 2.24) is 15.3 Å². The lowest BCUT2D eigenvalue weighted by molar-refractivity contribution is 0.0944. The molecule has 1 aromatic heterocycles. The number of H-pyrrole nitrogens is 2. The smallest absolute Gasteiger partial charge is 0.259 e. The summed E-state index contributed by atoms with van der Waals surface area (Å²) < 4.78 is 0.272. The van der Waals surface area contributed by atoms with E-state index < -0.39 is 0 Å². The van der Waals surface area contributed by atoms with Crippen LogP contribution in [0, 0.1) is 28.4 Å². The van der Waals surface area contributed by atoms with Gasteiger partial charge in [-0.25, -0.2) is 0 Å². The maximum Gasteiger partial charge on any atom is 0.259 e. The van der Waals surface area contributed by atoms with Gasteiger partial charge >= 0.3 is 0 Å². The zero-order valence-corrected chi connectivity index (χ0v) is 13.3. The average molecular weight is 327 g/mol. The van der Waals surface area contributed by atoms with Gasteiger partial charge in [0.15, 0.2) is 4.77 Å². The SMILES string of the molecule is O=C(NC1[C@@H]2[C@H]3CC[C@@H](C3)[C@@H]12)c1ccc2c(=O)[nH]c(=S)[nH]c2c1. The zero-order valence-electron chi connectivity index (χ0n) is 12.5. The normalized spacial score (nSPS) is 33.7. The summed E-state index contributed by atoms with van der Waals surface area (Å²) in [6.45, 7) is 0. The van der Waals surface area contributed by atoms with Crippen LogP contribution in [-0.2, 0) is 0 Å². The van der Waals surface area contributed by atoms with E-state index in [1.165, 1.54) is 19.3 Å². The summed E-state index contributed by atoms with van der Waals surface area (Å²) in [5.74, 6) is 3.05. The van der Waals surface area contributed by atoms with Crippen molar-refractivity contribution in [3.8, 4) is 0 Å². The van der Waals surface area contributed by atoms with Gasteiger partial charge in [-0.15, -0.1) is 0 Å². The molecule has 5 rings (SSSR count). The van der Waals surface area contributed by atoms with Gasteiger partial charge in [0.1, 0.15) is 0 Å². The molecule has 118 valence electrons. The molecule has 1 amide bonds. The Morgan fingerprint density at radius 1 is 1.17 bits per heavy atom. The highest BCUT2D eigenvalue weighted by Crippen LogP contribution is 2.65. The van der Waals surface area contributed by atoms with E-state index in [0.29, 0.717) is 34.3 Å². The van der Waals surface area contributed by atoms with E-state index in [2.05, 4.69) is 15.3 Å². The van der Waals surface area contributed by atoms with Gasteiger partial charge in [0.05, 0.1) is 10.9 Å². The summed E-state index contributed by atoms with van der Waals surface area (Å²) in [5, 5.41) is 3.71. The molecule has 3 aliphatic rings. The molecule has 5 nitrogen and oxygen atoms in total. The van der Waals surface area contributed by atoms with Gasteiger partial charge in [-0.1, -0.05) is 0 Å². The van der Waals surface area contributed by atoms with Crippen LogP contribution in [0.25, 0.3) is 10.9 Å². The summed E-state index contributed by atoms with van der Waals surface area (Å²) in [5.41, 5.74) is 0.942. The number of rotatable bonds is 2. The Hall–Kier alpha value is -1.95. The van der Waals surface area contributed by atoms with Crippen LogP contribution in [0.3, 0.4) is 0 Å². The highest BCUT2D eigenvalue weighted by Gasteiger charge is 2.65. The number of fused-ring (bicyclic) bond motifs is 6. The number of carbonyl (C=O) groups is 1. The van der Waals surface area contributed by atoms with Crippen molar-refractivity contribution >= 4 is 29.0 Å². The minimum atomic E-state index is -0.232. The Balaban J connectivity index is 1.41. The summed E-state index contributed by atoms with van der Waals surface area (Å²) in [6, 6.07) is 5.45. The average Bonchev–Trinajstić information content (AvgIpc) is 2.91. The van der Waals surface area contributed by atoms with E-state index in [0.717, 1.165) is 11.8 Å². The summed E-state index contributed by atoms with van der Waals surface area (Å²) >= 11 is 4.99. The summed E-state index contributed by atoms with van der Waals surface area (Å²) in [6.07, 6.45) is 4.05. The van der Waals surface area contributed by atoms with Crippen LogP contribution in [0.5, 0.6) is 0 Å². The molecule has 2 bridgehead atoms. The predicted molar refractivity (Wildman–Crippen MR) is 88.8 cm³/mol. The van der Waals surface area contributed by atoms with Crippen molar-refractivity contribution in [3.63, 3.8) is 0 Å². The second-order valence-corrected chi connectivity index (χ2v) is 7.56. The highest BCUT2D eigenvalue weighted by molar-refractivity contribution is 7.71. The molecule has 3 aliphatic carbocycles. The van der Waals surface area contributed by atoms with Crippen molar-refractivity contribution in [3.05, 3.63) is 38.9 Å².